The first-order chi connectivity index (χ1) is 6.57. The van der Waals surface area contributed by atoms with E-state index in [1.807, 2.05) is 27.9 Å². The fourth-order valence-electron chi connectivity index (χ4n) is 0.966. The molecule has 0 aromatic carbocycles. The molecule has 0 bridgehead atoms. The predicted octanol–water partition coefficient (Wildman–Crippen LogP) is 0.479. The Hall–Kier alpha value is -0.610. The maximum absolute atomic E-state index is 11.4. The summed E-state index contributed by atoms with van der Waals surface area (Å²) >= 11 is 0. The van der Waals surface area contributed by atoms with Crippen molar-refractivity contribution < 1.29 is 9.53 Å². The van der Waals surface area contributed by atoms with Crippen molar-refractivity contribution in [1.82, 2.24) is 10.2 Å². The van der Waals surface area contributed by atoms with Crippen molar-refractivity contribution in [3.8, 4) is 0 Å². The van der Waals surface area contributed by atoms with Gasteiger partial charge in [-0.3, -0.25) is 4.79 Å². The molecule has 1 amide bonds. The first-order valence-electron chi connectivity index (χ1n) is 5.08. The van der Waals surface area contributed by atoms with Gasteiger partial charge in [-0.15, -0.1) is 0 Å². The number of rotatable bonds is 7. The number of hydrogen-bond acceptors (Lipinski definition) is 3. The van der Waals surface area contributed by atoms with Crippen LogP contribution in [0.25, 0.3) is 0 Å². The van der Waals surface area contributed by atoms with Crippen molar-refractivity contribution in [2.75, 3.05) is 33.8 Å². The van der Waals surface area contributed by atoms with E-state index in [-0.39, 0.29) is 18.6 Å². The van der Waals surface area contributed by atoms with Crippen LogP contribution in [0, 0.1) is 0 Å². The van der Waals surface area contributed by atoms with E-state index in [2.05, 4.69) is 5.32 Å². The zero-order chi connectivity index (χ0) is 11.0. The molecule has 0 fully saturated rings. The molecular weight excluding hydrogens is 180 g/mol. The quantitative estimate of drug-likeness (QED) is 0.611. The second kappa shape index (κ2) is 7.76. The number of likely N-dealkylation sites (N-methyl/N-ethyl adjacent to an activating group) is 1. The van der Waals surface area contributed by atoms with Crippen molar-refractivity contribution in [1.29, 1.82) is 0 Å². The summed E-state index contributed by atoms with van der Waals surface area (Å²) in [6, 6.07) is 0. The molecule has 0 aromatic heterocycles. The van der Waals surface area contributed by atoms with Crippen molar-refractivity contribution >= 4 is 5.91 Å². The van der Waals surface area contributed by atoms with Crippen molar-refractivity contribution in [3.63, 3.8) is 0 Å². The van der Waals surface area contributed by atoms with Gasteiger partial charge in [-0.25, -0.2) is 0 Å². The van der Waals surface area contributed by atoms with Crippen LogP contribution in [0.3, 0.4) is 0 Å². The molecule has 1 N–H and O–H groups in total. The van der Waals surface area contributed by atoms with Crippen LogP contribution >= 0.6 is 0 Å². The standard InChI is InChI=1S/C10H22N2O2/c1-9(2)14-8-10(13)12(4)7-5-6-11-3/h9,11H,5-8H2,1-4H3. The molecule has 0 aromatic rings. The second-order valence-electron chi connectivity index (χ2n) is 3.63. The van der Waals surface area contributed by atoms with Gasteiger partial charge in [-0.2, -0.15) is 0 Å². The minimum atomic E-state index is 0.0507. The van der Waals surface area contributed by atoms with Gasteiger partial charge in [0.25, 0.3) is 0 Å². The van der Waals surface area contributed by atoms with E-state index in [1.165, 1.54) is 0 Å². The lowest BCUT2D eigenvalue weighted by Gasteiger charge is -2.17. The number of carbonyl (C=O) groups excluding carboxylic acids is 1. The highest BCUT2D eigenvalue weighted by atomic mass is 16.5. The van der Waals surface area contributed by atoms with Crippen LogP contribution in [0.2, 0.25) is 0 Å². The maximum atomic E-state index is 11.4. The number of ether oxygens (including phenoxy) is 1. The summed E-state index contributed by atoms with van der Waals surface area (Å²) in [6.45, 7) is 5.75. The number of carbonyl (C=O) groups is 1. The molecule has 0 aliphatic rings. The highest BCUT2D eigenvalue weighted by Crippen LogP contribution is 1.92. The Morgan fingerprint density at radius 1 is 1.50 bits per heavy atom. The monoisotopic (exact) mass is 202 g/mol. The smallest absolute Gasteiger partial charge is 0.248 e. The summed E-state index contributed by atoms with van der Waals surface area (Å²) in [4.78, 5) is 13.1. The third-order valence-corrected chi connectivity index (χ3v) is 1.89. The predicted molar refractivity (Wildman–Crippen MR) is 57.3 cm³/mol. The van der Waals surface area contributed by atoms with Crippen LogP contribution in [0.1, 0.15) is 20.3 Å². The van der Waals surface area contributed by atoms with E-state index in [9.17, 15) is 4.79 Å². The minimum absolute atomic E-state index is 0.0507. The van der Waals surface area contributed by atoms with E-state index in [4.69, 9.17) is 4.74 Å². The molecule has 14 heavy (non-hydrogen) atoms. The summed E-state index contributed by atoms with van der Waals surface area (Å²) in [5.74, 6) is 0.0507. The lowest BCUT2D eigenvalue weighted by atomic mass is 10.4. The summed E-state index contributed by atoms with van der Waals surface area (Å²) in [6.07, 6.45) is 1.09. The van der Waals surface area contributed by atoms with Gasteiger partial charge in [0.1, 0.15) is 6.61 Å². The number of amides is 1. The lowest BCUT2D eigenvalue weighted by molar-refractivity contribution is -0.136. The molecule has 0 heterocycles. The lowest BCUT2D eigenvalue weighted by Crippen LogP contribution is -2.33. The molecule has 0 unspecified atom stereocenters. The van der Waals surface area contributed by atoms with Crippen LogP contribution in [-0.4, -0.2) is 50.7 Å². The molecule has 0 aliphatic carbocycles. The SMILES string of the molecule is CNCCCN(C)C(=O)COC(C)C. The van der Waals surface area contributed by atoms with Crippen LogP contribution in [0.15, 0.2) is 0 Å². The Labute approximate surface area is 86.6 Å². The van der Waals surface area contributed by atoms with E-state index in [1.54, 1.807) is 4.90 Å². The fraction of sp³-hybridized carbons (Fsp3) is 0.900. The van der Waals surface area contributed by atoms with Gasteiger partial charge in [-0.05, 0) is 33.9 Å². The minimum Gasteiger partial charge on any atom is -0.369 e. The van der Waals surface area contributed by atoms with Crippen molar-refractivity contribution in [2.45, 2.75) is 26.4 Å². The second-order valence-corrected chi connectivity index (χ2v) is 3.63. The van der Waals surface area contributed by atoms with Crippen LogP contribution in [0.5, 0.6) is 0 Å². The summed E-state index contributed by atoms with van der Waals surface area (Å²) in [7, 11) is 3.71. The molecule has 84 valence electrons. The first kappa shape index (κ1) is 13.4. The normalized spacial score (nSPS) is 10.6. The maximum Gasteiger partial charge on any atom is 0.248 e. The third-order valence-electron chi connectivity index (χ3n) is 1.89. The zero-order valence-electron chi connectivity index (χ0n) is 9.67. The van der Waals surface area contributed by atoms with E-state index < -0.39 is 0 Å². The van der Waals surface area contributed by atoms with E-state index in [0.29, 0.717) is 0 Å². The summed E-state index contributed by atoms with van der Waals surface area (Å²) in [5.41, 5.74) is 0. The molecule has 0 rings (SSSR count). The molecule has 0 saturated carbocycles. The topological polar surface area (TPSA) is 41.6 Å². The third kappa shape index (κ3) is 6.86. The summed E-state index contributed by atoms with van der Waals surface area (Å²) < 4.78 is 5.22. The van der Waals surface area contributed by atoms with Gasteiger partial charge < -0.3 is 15.0 Å². The highest BCUT2D eigenvalue weighted by Gasteiger charge is 2.08. The van der Waals surface area contributed by atoms with Gasteiger partial charge in [0.2, 0.25) is 5.91 Å². The van der Waals surface area contributed by atoms with Crippen molar-refractivity contribution in [3.05, 3.63) is 0 Å². The average molecular weight is 202 g/mol. The fourth-order valence-corrected chi connectivity index (χ4v) is 0.966. The van der Waals surface area contributed by atoms with Gasteiger partial charge in [0, 0.05) is 13.6 Å². The largest absolute Gasteiger partial charge is 0.369 e. The molecule has 4 nitrogen and oxygen atoms in total. The van der Waals surface area contributed by atoms with E-state index in [0.717, 1.165) is 19.5 Å². The average Bonchev–Trinajstić information content (AvgIpc) is 2.14. The number of nitrogens with one attached hydrogen (secondary N) is 1. The molecule has 4 heteroatoms. The van der Waals surface area contributed by atoms with Crippen LogP contribution < -0.4 is 5.32 Å². The Morgan fingerprint density at radius 3 is 2.64 bits per heavy atom. The van der Waals surface area contributed by atoms with Gasteiger partial charge in [0.05, 0.1) is 6.10 Å². The van der Waals surface area contributed by atoms with E-state index >= 15 is 0 Å². The Kier molecular flexibility index (Phi) is 7.42. The molecular formula is C10H22N2O2. The Morgan fingerprint density at radius 2 is 2.14 bits per heavy atom. The van der Waals surface area contributed by atoms with Gasteiger partial charge in [-0.1, -0.05) is 0 Å². The Bertz CT molecular complexity index is 160. The van der Waals surface area contributed by atoms with Crippen LogP contribution in [-0.2, 0) is 9.53 Å². The highest BCUT2D eigenvalue weighted by molar-refractivity contribution is 5.77. The zero-order valence-corrected chi connectivity index (χ0v) is 9.67. The molecule has 0 radical (unpaired) electrons. The molecule has 0 aliphatic heterocycles. The molecule has 0 spiro atoms. The summed E-state index contributed by atoms with van der Waals surface area (Å²) in [5, 5.41) is 3.04. The van der Waals surface area contributed by atoms with Gasteiger partial charge in [0.15, 0.2) is 0 Å². The molecule has 0 atom stereocenters. The number of nitrogens with zero attached hydrogens (tertiary/aromatic N) is 1. The number of hydrogen-bond donors (Lipinski definition) is 1. The van der Waals surface area contributed by atoms with Crippen LogP contribution in [0.4, 0.5) is 0 Å². The molecule has 0 saturated heterocycles. The van der Waals surface area contributed by atoms with Crippen molar-refractivity contribution in [2.24, 2.45) is 0 Å². The Balaban J connectivity index is 3.54. The van der Waals surface area contributed by atoms with Gasteiger partial charge >= 0.3 is 0 Å². The first-order valence-corrected chi connectivity index (χ1v) is 5.08.